The molecule has 1 aliphatic heterocycles. The fourth-order valence-electron chi connectivity index (χ4n) is 3.59. The second kappa shape index (κ2) is 8.29. The molecule has 2 heterocycles. The molecule has 1 aromatic carbocycles. The van der Waals surface area contributed by atoms with Crippen molar-refractivity contribution >= 4 is 38.5 Å². The Hall–Kier alpha value is -1.80. The molecule has 0 unspecified atom stereocenters. The fourth-order valence-corrected chi connectivity index (χ4v) is 6.22. The highest BCUT2D eigenvalue weighted by Gasteiger charge is 2.33. The van der Waals surface area contributed by atoms with Gasteiger partial charge in [-0.3, -0.25) is 4.79 Å². The first-order valence-electron chi connectivity index (χ1n) is 9.32. The van der Waals surface area contributed by atoms with Gasteiger partial charge in [0.25, 0.3) is 0 Å². The number of hydrogen-bond acceptors (Lipinski definition) is 6. The number of nitrogens with zero attached hydrogens (tertiary/aromatic N) is 1. The van der Waals surface area contributed by atoms with Crippen LogP contribution in [0.15, 0.2) is 27.4 Å². The number of amides is 1. The van der Waals surface area contributed by atoms with Gasteiger partial charge in [-0.25, -0.2) is 13.2 Å². The van der Waals surface area contributed by atoms with Gasteiger partial charge >= 0.3 is 5.63 Å². The summed E-state index contributed by atoms with van der Waals surface area (Å²) in [7, 11) is -3.03. The van der Waals surface area contributed by atoms with Gasteiger partial charge in [0.1, 0.15) is 5.58 Å². The summed E-state index contributed by atoms with van der Waals surface area (Å²) in [4.78, 5) is 26.2. The minimum atomic E-state index is -3.03. The number of rotatable bonds is 6. The fraction of sp³-hybridized carbons (Fsp3) is 0.500. The highest BCUT2D eigenvalue weighted by atomic mass is 32.2. The van der Waals surface area contributed by atoms with E-state index in [0.29, 0.717) is 24.3 Å². The average Bonchev–Trinajstić information content (AvgIpc) is 2.96. The number of sulfone groups is 1. The van der Waals surface area contributed by atoms with Crippen LogP contribution in [0.5, 0.6) is 0 Å². The summed E-state index contributed by atoms with van der Waals surface area (Å²) < 4.78 is 28.7. The van der Waals surface area contributed by atoms with Gasteiger partial charge in [0.15, 0.2) is 9.84 Å². The smallest absolute Gasteiger partial charge is 0.336 e. The Morgan fingerprint density at radius 2 is 1.96 bits per heavy atom. The van der Waals surface area contributed by atoms with Crippen molar-refractivity contribution in [2.75, 3.05) is 23.8 Å². The molecular weight excluding hydrogens is 398 g/mol. The molecule has 28 heavy (non-hydrogen) atoms. The molecular formula is C20H25NO5S2. The Balaban J connectivity index is 1.70. The van der Waals surface area contributed by atoms with Crippen LogP contribution in [0.3, 0.4) is 0 Å². The Morgan fingerprint density at radius 3 is 2.61 bits per heavy atom. The Kier molecular flexibility index (Phi) is 6.19. The van der Waals surface area contributed by atoms with E-state index >= 15 is 0 Å². The highest BCUT2D eigenvalue weighted by molar-refractivity contribution is 7.99. The van der Waals surface area contributed by atoms with Crippen molar-refractivity contribution in [3.05, 3.63) is 45.3 Å². The van der Waals surface area contributed by atoms with Crippen LogP contribution in [0.2, 0.25) is 0 Å². The lowest BCUT2D eigenvalue weighted by molar-refractivity contribution is -0.129. The summed E-state index contributed by atoms with van der Waals surface area (Å²) in [5.41, 5.74) is 3.18. The second-order valence-corrected chi connectivity index (χ2v) is 10.5. The summed E-state index contributed by atoms with van der Waals surface area (Å²) >= 11 is 1.43. The van der Waals surface area contributed by atoms with Crippen molar-refractivity contribution < 1.29 is 17.6 Å². The SMILES string of the molecule is CCN(C(=O)CSCc1cc(=O)oc2cc(C)c(C)cc12)[C@@H]1CCS(=O)(=O)C1. The third kappa shape index (κ3) is 4.60. The zero-order valence-electron chi connectivity index (χ0n) is 16.4. The van der Waals surface area contributed by atoms with Crippen LogP contribution in [0.4, 0.5) is 0 Å². The summed E-state index contributed by atoms with van der Waals surface area (Å²) in [6.45, 7) is 6.34. The Labute approximate surface area is 169 Å². The van der Waals surface area contributed by atoms with E-state index in [-0.39, 0.29) is 29.2 Å². The predicted octanol–water partition coefficient (Wildman–Crippen LogP) is 2.68. The van der Waals surface area contributed by atoms with E-state index in [1.807, 2.05) is 32.9 Å². The molecule has 1 atom stereocenters. The van der Waals surface area contributed by atoms with Gasteiger partial charge in [-0.2, -0.15) is 0 Å². The summed E-state index contributed by atoms with van der Waals surface area (Å²) in [5.74, 6) is 0.904. The summed E-state index contributed by atoms with van der Waals surface area (Å²) in [6, 6.07) is 5.13. The van der Waals surface area contributed by atoms with Gasteiger partial charge in [-0.15, -0.1) is 11.8 Å². The molecule has 152 valence electrons. The first kappa shape index (κ1) is 20.9. The van der Waals surface area contributed by atoms with E-state index in [4.69, 9.17) is 4.42 Å². The number of fused-ring (bicyclic) bond motifs is 1. The quantitative estimate of drug-likeness (QED) is 0.664. The zero-order chi connectivity index (χ0) is 20.5. The molecule has 0 bridgehead atoms. The number of thioether (sulfide) groups is 1. The molecule has 1 amide bonds. The van der Waals surface area contributed by atoms with E-state index in [0.717, 1.165) is 22.1 Å². The molecule has 1 aliphatic rings. The molecule has 0 N–H and O–H groups in total. The van der Waals surface area contributed by atoms with Gasteiger partial charge in [0, 0.05) is 29.8 Å². The van der Waals surface area contributed by atoms with Crippen molar-refractivity contribution in [2.45, 2.75) is 39.0 Å². The van der Waals surface area contributed by atoms with Crippen molar-refractivity contribution in [2.24, 2.45) is 0 Å². The monoisotopic (exact) mass is 423 g/mol. The minimum Gasteiger partial charge on any atom is -0.423 e. The maximum absolute atomic E-state index is 12.6. The van der Waals surface area contributed by atoms with Gasteiger partial charge in [0.05, 0.1) is 17.3 Å². The average molecular weight is 424 g/mol. The molecule has 0 aliphatic carbocycles. The first-order chi connectivity index (χ1) is 13.2. The van der Waals surface area contributed by atoms with Crippen LogP contribution < -0.4 is 5.63 Å². The lowest BCUT2D eigenvalue weighted by atomic mass is 10.0. The minimum absolute atomic E-state index is 0.0558. The second-order valence-electron chi connectivity index (χ2n) is 7.25. The predicted molar refractivity (Wildman–Crippen MR) is 113 cm³/mol. The standard InChI is InChI=1S/C20H25NO5S2/c1-4-21(16-5-6-28(24,25)12-16)19(22)11-27-10-15-9-20(23)26-18-8-14(3)13(2)7-17(15)18/h7-9,16H,4-6,10-12H2,1-3H3/t16-/m1/s1. The van der Waals surface area contributed by atoms with Gasteiger partial charge in [-0.1, -0.05) is 0 Å². The molecule has 0 radical (unpaired) electrons. The maximum Gasteiger partial charge on any atom is 0.336 e. The van der Waals surface area contributed by atoms with E-state index in [2.05, 4.69) is 0 Å². The van der Waals surface area contributed by atoms with Gasteiger partial charge in [0.2, 0.25) is 5.91 Å². The number of benzene rings is 1. The van der Waals surface area contributed by atoms with E-state index in [1.54, 1.807) is 4.90 Å². The highest BCUT2D eigenvalue weighted by Crippen LogP contribution is 2.25. The van der Waals surface area contributed by atoms with Gasteiger partial charge < -0.3 is 9.32 Å². The van der Waals surface area contributed by atoms with Crippen LogP contribution in [0.25, 0.3) is 11.0 Å². The van der Waals surface area contributed by atoms with Gasteiger partial charge in [-0.05, 0) is 56.0 Å². The number of aryl methyl sites for hydroxylation is 2. The lowest BCUT2D eigenvalue weighted by Gasteiger charge is -2.26. The number of carbonyl (C=O) groups is 1. The van der Waals surface area contributed by atoms with Crippen LogP contribution >= 0.6 is 11.8 Å². The van der Waals surface area contributed by atoms with Crippen LogP contribution in [-0.4, -0.2) is 49.1 Å². The normalized spacial score (nSPS) is 18.5. The number of hydrogen-bond donors (Lipinski definition) is 0. The molecule has 8 heteroatoms. The first-order valence-corrected chi connectivity index (χ1v) is 12.3. The van der Waals surface area contributed by atoms with Crippen LogP contribution in [0.1, 0.15) is 30.0 Å². The summed E-state index contributed by atoms with van der Waals surface area (Å²) in [5, 5.41) is 0.886. The summed E-state index contributed by atoms with van der Waals surface area (Å²) in [6.07, 6.45) is 0.510. The Bertz CT molecular complexity index is 1060. The van der Waals surface area contributed by atoms with E-state index < -0.39 is 15.5 Å². The zero-order valence-corrected chi connectivity index (χ0v) is 18.0. The maximum atomic E-state index is 12.6. The van der Waals surface area contributed by atoms with Crippen molar-refractivity contribution in [3.8, 4) is 0 Å². The third-order valence-corrected chi connectivity index (χ3v) is 7.95. The molecule has 1 fully saturated rings. The molecule has 1 saturated heterocycles. The number of carbonyl (C=O) groups excluding carboxylic acids is 1. The Morgan fingerprint density at radius 1 is 1.25 bits per heavy atom. The molecule has 6 nitrogen and oxygen atoms in total. The molecule has 0 saturated carbocycles. The van der Waals surface area contributed by atoms with Crippen molar-refractivity contribution in [3.63, 3.8) is 0 Å². The third-order valence-electron chi connectivity index (χ3n) is 5.24. The molecule has 2 aromatic rings. The topological polar surface area (TPSA) is 84.7 Å². The molecule has 1 aromatic heterocycles. The largest absolute Gasteiger partial charge is 0.423 e. The van der Waals surface area contributed by atoms with E-state index in [9.17, 15) is 18.0 Å². The van der Waals surface area contributed by atoms with Crippen LogP contribution in [0, 0.1) is 13.8 Å². The lowest BCUT2D eigenvalue weighted by Crippen LogP contribution is -2.41. The van der Waals surface area contributed by atoms with Crippen LogP contribution in [-0.2, 0) is 20.4 Å². The van der Waals surface area contributed by atoms with E-state index in [1.165, 1.54) is 17.8 Å². The molecule has 3 rings (SSSR count). The van der Waals surface area contributed by atoms with Crippen molar-refractivity contribution in [1.82, 2.24) is 4.90 Å². The molecule has 0 spiro atoms. The van der Waals surface area contributed by atoms with Crippen molar-refractivity contribution in [1.29, 1.82) is 0 Å².